The van der Waals surface area contributed by atoms with Crippen LogP contribution in [-0.2, 0) is 0 Å². The van der Waals surface area contributed by atoms with Gasteiger partial charge >= 0.3 is 0 Å². The predicted octanol–water partition coefficient (Wildman–Crippen LogP) is 4.16. The number of carbonyl (C=O) groups excluding carboxylic acids is 1. The van der Waals surface area contributed by atoms with Gasteiger partial charge in [-0.15, -0.1) is 5.10 Å². The normalized spacial score (nSPS) is 13.2. The summed E-state index contributed by atoms with van der Waals surface area (Å²) in [6.07, 6.45) is -0.368. The topological polar surface area (TPSA) is 59.8 Å². The van der Waals surface area contributed by atoms with E-state index >= 15 is 0 Å². The Bertz CT molecular complexity index is 1040. The highest BCUT2D eigenvalue weighted by Crippen LogP contribution is 2.28. The lowest BCUT2D eigenvalue weighted by molar-refractivity contribution is 0.0907. The zero-order valence-corrected chi connectivity index (χ0v) is 15.0. The van der Waals surface area contributed by atoms with E-state index in [2.05, 4.69) is 34.7 Å². The summed E-state index contributed by atoms with van der Waals surface area (Å²) in [6.45, 7) is 2.09. The molecule has 0 fully saturated rings. The zero-order valence-electron chi connectivity index (χ0n) is 15.0. The molecule has 0 saturated carbocycles. The van der Waals surface area contributed by atoms with E-state index in [4.69, 9.17) is 0 Å². The molecular formula is C22H20N4O. The van der Waals surface area contributed by atoms with E-state index in [0.29, 0.717) is 5.56 Å². The van der Waals surface area contributed by atoms with Gasteiger partial charge in [-0.25, -0.2) is 4.68 Å². The smallest absolute Gasteiger partial charge is 0.252 e. The molecule has 4 rings (SSSR count). The molecular weight excluding hydrogens is 336 g/mol. The molecule has 0 bridgehead atoms. The maximum absolute atomic E-state index is 12.8. The van der Waals surface area contributed by atoms with E-state index < -0.39 is 0 Å². The van der Waals surface area contributed by atoms with Gasteiger partial charge in [0, 0.05) is 11.5 Å². The number of hydrogen-bond acceptors (Lipinski definition) is 3. The van der Waals surface area contributed by atoms with Crippen LogP contribution in [0.1, 0.15) is 34.9 Å². The molecule has 1 aromatic heterocycles. The third-order valence-corrected chi connectivity index (χ3v) is 4.75. The fourth-order valence-corrected chi connectivity index (χ4v) is 3.24. The van der Waals surface area contributed by atoms with Crippen LogP contribution < -0.4 is 5.32 Å². The molecule has 0 aliphatic heterocycles. The predicted molar refractivity (Wildman–Crippen MR) is 105 cm³/mol. The lowest BCUT2D eigenvalue weighted by Gasteiger charge is -2.26. The third kappa shape index (κ3) is 3.44. The van der Waals surface area contributed by atoms with Gasteiger partial charge in [0.25, 0.3) is 5.91 Å². The standard InChI is InChI=1S/C22H20N4O/c1-16(17-10-4-2-5-11-17)21(23-22(27)18-12-6-3-7-13-18)26-20-15-9-8-14-19(20)24-25-26/h2-16,21H,1H3,(H,23,27). The molecule has 4 aromatic rings. The highest BCUT2D eigenvalue weighted by Gasteiger charge is 2.25. The van der Waals surface area contributed by atoms with E-state index in [1.807, 2.05) is 60.7 Å². The van der Waals surface area contributed by atoms with Crippen molar-refractivity contribution in [3.05, 3.63) is 96.1 Å². The maximum Gasteiger partial charge on any atom is 0.252 e. The molecule has 2 unspecified atom stereocenters. The fourth-order valence-electron chi connectivity index (χ4n) is 3.24. The summed E-state index contributed by atoms with van der Waals surface area (Å²) in [5, 5.41) is 11.7. The molecule has 27 heavy (non-hydrogen) atoms. The van der Waals surface area contributed by atoms with Crippen molar-refractivity contribution in [2.45, 2.75) is 19.0 Å². The molecule has 0 aliphatic rings. The second-order valence-electron chi connectivity index (χ2n) is 6.51. The summed E-state index contributed by atoms with van der Waals surface area (Å²) in [5.41, 5.74) is 3.43. The van der Waals surface area contributed by atoms with Crippen molar-refractivity contribution in [2.24, 2.45) is 0 Å². The quantitative estimate of drug-likeness (QED) is 0.584. The van der Waals surface area contributed by atoms with Crippen LogP contribution in [0.4, 0.5) is 0 Å². The monoisotopic (exact) mass is 356 g/mol. The number of amides is 1. The van der Waals surface area contributed by atoms with Gasteiger partial charge in [0.15, 0.2) is 0 Å². The van der Waals surface area contributed by atoms with Crippen LogP contribution in [0.3, 0.4) is 0 Å². The van der Waals surface area contributed by atoms with Gasteiger partial charge in [0.1, 0.15) is 11.7 Å². The Kier molecular flexibility index (Phi) is 4.66. The van der Waals surface area contributed by atoms with E-state index in [-0.39, 0.29) is 18.0 Å². The van der Waals surface area contributed by atoms with E-state index in [0.717, 1.165) is 16.6 Å². The van der Waals surface area contributed by atoms with Crippen molar-refractivity contribution >= 4 is 16.9 Å². The van der Waals surface area contributed by atoms with Gasteiger partial charge in [-0.05, 0) is 29.8 Å². The Labute approximate surface area is 157 Å². The summed E-state index contributed by atoms with van der Waals surface area (Å²) in [4.78, 5) is 12.8. The summed E-state index contributed by atoms with van der Waals surface area (Å²) in [5.74, 6) is -0.132. The third-order valence-electron chi connectivity index (χ3n) is 4.75. The van der Waals surface area contributed by atoms with Gasteiger partial charge < -0.3 is 5.32 Å². The maximum atomic E-state index is 12.8. The van der Waals surface area contributed by atoms with Crippen LogP contribution in [0.15, 0.2) is 84.9 Å². The first-order valence-corrected chi connectivity index (χ1v) is 8.95. The Morgan fingerprint density at radius 3 is 2.26 bits per heavy atom. The fraction of sp³-hybridized carbons (Fsp3) is 0.136. The lowest BCUT2D eigenvalue weighted by Crippen LogP contribution is -2.36. The molecule has 1 amide bonds. The summed E-state index contributed by atoms with van der Waals surface area (Å²) >= 11 is 0. The molecule has 2 atom stereocenters. The van der Waals surface area contributed by atoms with Crippen LogP contribution in [0.5, 0.6) is 0 Å². The number of nitrogens with zero attached hydrogens (tertiary/aromatic N) is 3. The number of aromatic nitrogens is 3. The molecule has 0 saturated heterocycles. The van der Waals surface area contributed by atoms with Crippen LogP contribution in [0.2, 0.25) is 0 Å². The minimum absolute atomic E-state index is 0.00367. The molecule has 1 N–H and O–H groups in total. The Balaban J connectivity index is 1.74. The Morgan fingerprint density at radius 2 is 1.52 bits per heavy atom. The molecule has 5 heteroatoms. The van der Waals surface area contributed by atoms with Crippen LogP contribution in [0.25, 0.3) is 11.0 Å². The number of fused-ring (bicyclic) bond motifs is 1. The van der Waals surface area contributed by atoms with Crippen LogP contribution in [-0.4, -0.2) is 20.9 Å². The molecule has 0 spiro atoms. The summed E-state index contributed by atoms with van der Waals surface area (Å²) in [6, 6.07) is 27.1. The van der Waals surface area contributed by atoms with Crippen molar-refractivity contribution in [3.8, 4) is 0 Å². The number of para-hydroxylation sites is 1. The first-order valence-electron chi connectivity index (χ1n) is 8.95. The zero-order chi connectivity index (χ0) is 18.6. The average Bonchev–Trinajstić information content (AvgIpc) is 3.16. The molecule has 3 aromatic carbocycles. The van der Waals surface area contributed by atoms with Crippen LogP contribution in [0, 0.1) is 0 Å². The highest BCUT2D eigenvalue weighted by molar-refractivity contribution is 5.94. The Hall–Kier alpha value is -3.47. The van der Waals surface area contributed by atoms with Gasteiger partial charge in [0.05, 0.1) is 5.52 Å². The largest absolute Gasteiger partial charge is 0.330 e. The van der Waals surface area contributed by atoms with Gasteiger partial charge in [0.2, 0.25) is 0 Å². The van der Waals surface area contributed by atoms with Gasteiger partial charge in [-0.2, -0.15) is 0 Å². The first kappa shape index (κ1) is 17.0. The average molecular weight is 356 g/mol. The number of nitrogens with one attached hydrogen (secondary N) is 1. The SMILES string of the molecule is CC(c1ccccc1)C(NC(=O)c1ccccc1)n1nnc2ccccc21. The van der Waals surface area contributed by atoms with Crippen molar-refractivity contribution in [2.75, 3.05) is 0 Å². The molecule has 1 heterocycles. The molecule has 134 valence electrons. The van der Waals surface area contributed by atoms with E-state index in [1.165, 1.54) is 0 Å². The number of carbonyl (C=O) groups is 1. The first-order chi connectivity index (χ1) is 13.2. The number of rotatable bonds is 5. The van der Waals surface area contributed by atoms with Crippen LogP contribution >= 0.6 is 0 Å². The number of hydrogen-bond donors (Lipinski definition) is 1. The van der Waals surface area contributed by atoms with E-state index in [1.54, 1.807) is 16.8 Å². The number of benzene rings is 3. The second-order valence-corrected chi connectivity index (χ2v) is 6.51. The van der Waals surface area contributed by atoms with Gasteiger partial charge in [-0.3, -0.25) is 4.79 Å². The molecule has 0 radical (unpaired) electrons. The summed E-state index contributed by atoms with van der Waals surface area (Å²) < 4.78 is 1.80. The van der Waals surface area contributed by atoms with Crippen molar-refractivity contribution < 1.29 is 4.79 Å². The second kappa shape index (κ2) is 7.41. The molecule has 5 nitrogen and oxygen atoms in total. The van der Waals surface area contributed by atoms with Crippen molar-refractivity contribution in [3.63, 3.8) is 0 Å². The minimum atomic E-state index is -0.368. The highest BCUT2D eigenvalue weighted by atomic mass is 16.1. The lowest BCUT2D eigenvalue weighted by atomic mass is 9.97. The molecule has 0 aliphatic carbocycles. The minimum Gasteiger partial charge on any atom is -0.330 e. The van der Waals surface area contributed by atoms with E-state index in [9.17, 15) is 4.79 Å². The van der Waals surface area contributed by atoms with Crippen molar-refractivity contribution in [1.82, 2.24) is 20.3 Å². The Morgan fingerprint density at radius 1 is 0.889 bits per heavy atom. The van der Waals surface area contributed by atoms with Gasteiger partial charge in [-0.1, -0.05) is 72.8 Å². The summed E-state index contributed by atoms with van der Waals surface area (Å²) in [7, 11) is 0. The van der Waals surface area contributed by atoms with Crippen molar-refractivity contribution in [1.29, 1.82) is 0 Å².